The molecule has 0 radical (unpaired) electrons. The van der Waals surface area contributed by atoms with E-state index in [1.165, 1.54) is 6.42 Å². The molecule has 0 aliphatic carbocycles. The van der Waals surface area contributed by atoms with Gasteiger partial charge in [-0.3, -0.25) is 0 Å². The van der Waals surface area contributed by atoms with Crippen LogP contribution in [0.4, 0.5) is 11.5 Å². The SMILES string of the molecule is C[C@@H]1C[C@@H](C)CN(c2ccc(NC(=S)NCc3ccco3)cn2)C1. The van der Waals surface area contributed by atoms with Crippen molar-refractivity contribution in [3.05, 3.63) is 42.5 Å². The van der Waals surface area contributed by atoms with Gasteiger partial charge >= 0.3 is 0 Å². The van der Waals surface area contributed by atoms with Crippen molar-refractivity contribution in [2.24, 2.45) is 11.8 Å². The fourth-order valence-corrected chi connectivity index (χ4v) is 3.44. The molecule has 0 aromatic carbocycles. The van der Waals surface area contributed by atoms with Gasteiger partial charge < -0.3 is 20.0 Å². The van der Waals surface area contributed by atoms with Gasteiger partial charge in [0.1, 0.15) is 11.6 Å². The van der Waals surface area contributed by atoms with E-state index in [1.807, 2.05) is 24.4 Å². The first kappa shape index (κ1) is 16.8. The van der Waals surface area contributed by atoms with E-state index in [-0.39, 0.29) is 0 Å². The van der Waals surface area contributed by atoms with Crippen molar-refractivity contribution < 1.29 is 4.42 Å². The summed E-state index contributed by atoms with van der Waals surface area (Å²) < 4.78 is 5.27. The molecule has 2 aromatic rings. The predicted octanol–water partition coefficient (Wildman–Crippen LogP) is 3.64. The molecule has 0 saturated carbocycles. The van der Waals surface area contributed by atoms with Crippen LogP contribution >= 0.6 is 12.2 Å². The number of thiocarbonyl (C=S) groups is 1. The highest BCUT2D eigenvalue weighted by Gasteiger charge is 2.22. The molecule has 2 aromatic heterocycles. The molecule has 24 heavy (non-hydrogen) atoms. The third-order valence-electron chi connectivity index (χ3n) is 4.20. The van der Waals surface area contributed by atoms with Gasteiger partial charge in [0.25, 0.3) is 0 Å². The lowest BCUT2D eigenvalue weighted by molar-refractivity contribution is 0.355. The first-order valence-corrected chi connectivity index (χ1v) is 8.79. The van der Waals surface area contributed by atoms with Gasteiger partial charge in [-0.05, 0) is 54.7 Å². The highest BCUT2D eigenvalue weighted by Crippen LogP contribution is 2.25. The Morgan fingerprint density at radius 1 is 1.29 bits per heavy atom. The number of hydrogen-bond donors (Lipinski definition) is 2. The molecule has 128 valence electrons. The first-order valence-electron chi connectivity index (χ1n) is 8.38. The second kappa shape index (κ2) is 7.66. The Kier molecular flexibility index (Phi) is 5.35. The number of aromatic nitrogens is 1. The van der Waals surface area contributed by atoms with E-state index in [0.717, 1.165) is 30.4 Å². The maximum absolute atomic E-state index is 5.30. The molecule has 1 saturated heterocycles. The van der Waals surface area contributed by atoms with Crippen LogP contribution < -0.4 is 15.5 Å². The van der Waals surface area contributed by atoms with Crippen LogP contribution in [0.2, 0.25) is 0 Å². The molecule has 6 heteroatoms. The van der Waals surface area contributed by atoms with E-state index in [4.69, 9.17) is 16.6 Å². The minimum Gasteiger partial charge on any atom is -0.467 e. The van der Waals surface area contributed by atoms with Crippen molar-refractivity contribution in [3.8, 4) is 0 Å². The molecule has 0 bridgehead atoms. The van der Waals surface area contributed by atoms with E-state index in [2.05, 4.69) is 40.4 Å². The van der Waals surface area contributed by atoms with Crippen molar-refractivity contribution in [1.29, 1.82) is 0 Å². The Balaban J connectivity index is 1.53. The van der Waals surface area contributed by atoms with E-state index < -0.39 is 0 Å². The standard InChI is InChI=1S/C18H24N4OS/c1-13-8-14(2)12-22(11-13)17-6-5-15(9-19-17)21-18(24)20-10-16-4-3-7-23-16/h3-7,9,13-14H,8,10-12H2,1-2H3,(H2,20,21,24)/t13-,14-/m1/s1. The molecule has 0 amide bonds. The van der Waals surface area contributed by atoms with Gasteiger partial charge in [-0.25, -0.2) is 4.98 Å². The number of nitrogens with one attached hydrogen (secondary N) is 2. The van der Waals surface area contributed by atoms with Crippen molar-refractivity contribution in [2.75, 3.05) is 23.3 Å². The van der Waals surface area contributed by atoms with E-state index in [9.17, 15) is 0 Å². The lowest BCUT2D eigenvalue weighted by Gasteiger charge is -2.35. The fourth-order valence-electron chi connectivity index (χ4n) is 3.25. The molecule has 0 unspecified atom stereocenters. The molecule has 3 heterocycles. The first-order chi connectivity index (χ1) is 11.6. The molecule has 1 aliphatic rings. The number of hydrogen-bond acceptors (Lipinski definition) is 4. The summed E-state index contributed by atoms with van der Waals surface area (Å²) in [5, 5.41) is 6.82. The average molecular weight is 344 g/mol. The van der Waals surface area contributed by atoms with E-state index >= 15 is 0 Å². The largest absolute Gasteiger partial charge is 0.467 e. The molecular formula is C18H24N4OS. The van der Waals surface area contributed by atoms with Crippen LogP contribution in [0.15, 0.2) is 41.1 Å². The number of pyridine rings is 1. The second-order valence-electron chi connectivity index (χ2n) is 6.64. The van der Waals surface area contributed by atoms with Crippen molar-refractivity contribution >= 4 is 28.8 Å². The van der Waals surface area contributed by atoms with Crippen LogP contribution in [0.1, 0.15) is 26.0 Å². The predicted molar refractivity (Wildman–Crippen MR) is 101 cm³/mol. The lowest BCUT2D eigenvalue weighted by atomic mass is 9.92. The summed E-state index contributed by atoms with van der Waals surface area (Å²) >= 11 is 5.30. The molecule has 2 N–H and O–H groups in total. The third-order valence-corrected chi connectivity index (χ3v) is 4.45. The topological polar surface area (TPSA) is 53.3 Å². The summed E-state index contributed by atoms with van der Waals surface area (Å²) in [5.41, 5.74) is 0.883. The van der Waals surface area contributed by atoms with Crippen LogP contribution in [0, 0.1) is 11.8 Å². The highest BCUT2D eigenvalue weighted by molar-refractivity contribution is 7.80. The number of furan rings is 1. The summed E-state index contributed by atoms with van der Waals surface area (Å²) in [4.78, 5) is 6.96. The van der Waals surface area contributed by atoms with E-state index in [1.54, 1.807) is 6.26 Å². The minimum atomic E-state index is 0.557. The van der Waals surface area contributed by atoms with Crippen molar-refractivity contribution in [3.63, 3.8) is 0 Å². The summed E-state index contributed by atoms with van der Waals surface area (Å²) in [6, 6.07) is 7.85. The van der Waals surface area contributed by atoms with Crippen LogP contribution in [-0.2, 0) is 6.54 Å². The van der Waals surface area contributed by atoms with Crippen LogP contribution in [0.25, 0.3) is 0 Å². The Morgan fingerprint density at radius 2 is 2.08 bits per heavy atom. The zero-order valence-electron chi connectivity index (χ0n) is 14.2. The molecule has 3 rings (SSSR count). The van der Waals surface area contributed by atoms with Crippen LogP contribution in [0.3, 0.4) is 0 Å². The maximum atomic E-state index is 5.30. The number of anilines is 2. The molecule has 1 aliphatic heterocycles. The van der Waals surface area contributed by atoms with Crippen molar-refractivity contribution in [2.45, 2.75) is 26.8 Å². The molecule has 1 fully saturated rings. The second-order valence-corrected chi connectivity index (χ2v) is 7.05. The molecule has 2 atom stereocenters. The Labute approximate surface area is 148 Å². The number of rotatable bonds is 4. The highest BCUT2D eigenvalue weighted by atomic mass is 32.1. The average Bonchev–Trinajstić information content (AvgIpc) is 3.06. The zero-order valence-corrected chi connectivity index (χ0v) is 15.0. The fraction of sp³-hybridized carbons (Fsp3) is 0.444. The van der Waals surface area contributed by atoms with Crippen molar-refractivity contribution in [1.82, 2.24) is 10.3 Å². The minimum absolute atomic E-state index is 0.557. The van der Waals surface area contributed by atoms with Crippen LogP contribution in [0.5, 0.6) is 0 Å². The van der Waals surface area contributed by atoms with Gasteiger partial charge in [0, 0.05) is 13.1 Å². The molecule has 0 spiro atoms. The Bertz CT molecular complexity index is 646. The molecule has 5 nitrogen and oxygen atoms in total. The van der Waals surface area contributed by atoms with Gasteiger partial charge in [0.2, 0.25) is 0 Å². The third kappa shape index (κ3) is 4.47. The zero-order chi connectivity index (χ0) is 16.9. The summed E-state index contributed by atoms with van der Waals surface area (Å²) in [6.45, 7) is 7.33. The Hall–Kier alpha value is -2.08. The Morgan fingerprint density at radius 3 is 2.71 bits per heavy atom. The number of nitrogens with zero attached hydrogens (tertiary/aromatic N) is 2. The maximum Gasteiger partial charge on any atom is 0.171 e. The lowest BCUT2D eigenvalue weighted by Crippen LogP contribution is -2.39. The normalized spacial score (nSPS) is 20.7. The van der Waals surface area contributed by atoms with Gasteiger partial charge in [-0.15, -0.1) is 0 Å². The van der Waals surface area contributed by atoms with Gasteiger partial charge in [0.15, 0.2) is 5.11 Å². The van der Waals surface area contributed by atoms with Gasteiger partial charge in [-0.2, -0.15) is 0 Å². The monoisotopic (exact) mass is 344 g/mol. The summed E-state index contributed by atoms with van der Waals surface area (Å²) in [5.74, 6) is 3.31. The van der Waals surface area contributed by atoms with Crippen LogP contribution in [-0.4, -0.2) is 23.2 Å². The summed E-state index contributed by atoms with van der Waals surface area (Å²) in [6.07, 6.45) is 4.78. The summed E-state index contributed by atoms with van der Waals surface area (Å²) in [7, 11) is 0. The van der Waals surface area contributed by atoms with Gasteiger partial charge in [-0.1, -0.05) is 13.8 Å². The smallest absolute Gasteiger partial charge is 0.171 e. The van der Waals surface area contributed by atoms with Gasteiger partial charge in [0.05, 0.1) is 24.7 Å². The number of piperidine rings is 1. The quantitative estimate of drug-likeness (QED) is 0.826. The molecular weight excluding hydrogens is 320 g/mol. The van der Waals surface area contributed by atoms with E-state index in [0.29, 0.717) is 23.5 Å².